The van der Waals surface area contributed by atoms with Crippen LogP contribution in [0.3, 0.4) is 0 Å². The SMILES string of the molecule is C.CC(C)(O)O.CCCSc1nc(Cl)c([N+](=O)[O-])c(NC)n1.CCOC(=O)COC1CCCC1. The first kappa shape index (κ1) is 34.4. The van der Waals surface area contributed by atoms with Crippen molar-refractivity contribution in [3.05, 3.63) is 15.3 Å². The van der Waals surface area contributed by atoms with E-state index in [2.05, 4.69) is 15.3 Å². The van der Waals surface area contributed by atoms with Crippen LogP contribution in [0.25, 0.3) is 0 Å². The van der Waals surface area contributed by atoms with E-state index in [0.29, 0.717) is 17.9 Å². The topological polar surface area (TPSA) is 157 Å². The summed E-state index contributed by atoms with van der Waals surface area (Å²) in [5.74, 6) is -0.759. The minimum Gasteiger partial charge on any atom is -0.464 e. The van der Waals surface area contributed by atoms with E-state index in [4.69, 9.17) is 31.3 Å². The highest BCUT2D eigenvalue weighted by molar-refractivity contribution is 7.99. The highest BCUT2D eigenvalue weighted by atomic mass is 35.5. The Morgan fingerprint density at radius 2 is 1.85 bits per heavy atom. The number of carbonyl (C=O) groups excluding carboxylic acids is 1. The Labute approximate surface area is 211 Å². The maximum Gasteiger partial charge on any atom is 0.348 e. The Balaban J connectivity index is 0. The van der Waals surface area contributed by atoms with Gasteiger partial charge in [0.25, 0.3) is 0 Å². The first-order valence-corrected chi connectivity index (χ1v) is 12.0. The van der Waals surface area contributed by atoms with Crippen LogP contribution in [0.15, 0.2) is 5.16 Å². The van der Waals surface area contributed by atoms with Gasteiger partial charge < -0.3 is 25.0 Å². The van der Waals surface area contributed by atoms with Crippen LogP contribution < -0.4 is 5.32 Å². The first-order chi connectivity index (χ1) is 15.4. The summed E-state index contributed by atoms with van der Waals surface area (Å²) in [4.78, 5) is 28.9. The third-order valence-corrected chi connectivity index (χ3v) is 5.04. The van der Waals surface area contributed by atoms with Gasteiger partial charge in [0.05, 0.1) is 17.6 Å². The molecule has 0 atom stereocenters. The number of anilines is 1. The molecule has 0 aromatic carbocycles. The van der Waals surface area contributed by atoms with Gasteiger partial charge in [-0.05, 0) is 40.0 Å². The quantitative estimate of drug-likeness (QED) is 0.0794. The van der Waals surface area contributed by atoms with E-state index in [-0.39, 0.29) is 36.7 Å². The normalized spacial score (nSPS) is 12.9. The van der Waals surface area contributed by atoms with E-state index >= 15 is 0 Å². The molecule has 3 N–H and O–H groups in total. The molecule has 0 spiro atoms. The third-order valence-electron chi connectivity index (χ3n) is 3.72. The lowest BCUT2D eigenvalue weighted by molar-refractivity contribution is -0.384. The molecule has 0 aliphatic heterocycles. The molecule has 1 aromatic rings. The van der Waals surface area contributed by atoms with E-state index in [9.17, 15) is 14.9 Å². The monoisotopic (exact) mass is 526 g/mol. The van der Waals surface area contributed by atoms with E-state index in [1.807, 2.05) is 6.92 Å². The highest BCUT2D eigenvalue weighted by Crippen LogP contribution is 2.31. The maximum atomic E-state index is 10.9. The number of nitrogens with one attached hydrogen (secondary N) is 1. The molecule has 13 heteroatoms. The second kappa shape index (κ2) is 18.6. The number of nitro groups is 1. The van der Waals surface area contributed by atoms with Gasteiger partial charge in [-0.1, -0.05) is 50.6 Å². The number of aliphatic hydroxyl groups is 2. The Kier molecular flexibility index (Phi) is 18.8. The van der Waals surface area contributed by atoms with Crippen LogP contribution in [0.5, 0.6) is 0 Å². The number of thioether (sulfide) groups is 1. The number of esters is 1. The molecular weight excluding hydrogens is 488 g/mol. The van der Waals surface area contributed by atoms with Crippen LogP contribution in [0.1, 0.15) is 67.2 Å². The van der Waals surface area contributed by atoms with Crippen molar-refractivity contribution in [3.8, 4) is 0 Å². The third kappa shape index (κ3) is 16.8. The van der Waals surface area contributed by atoms with Gasteiger partial charge in [-0.2, -0.15) is 4.98 Å². The minimum absolute atomic E-state index is 0. The Morgan fingerprint density at radius 3 is 2.29 bits per heavy atom. The number of aromatic nitrogens is 2. The van der Waals surface area contributed by atoms with Crippen LogP contribution >= 0.6 is 23.4 Å². The summed E-state index contributed by atoms with van der Waals surface area (Å²) in [6.45, 7) is 6.98. The summed E-state index contributed by atoms with van der Waals surface area (Å²) >= 11 is 7.16. The van der Waals surface area contributed by atoms with Crippen LogP contribution in [0, 0.1) is 10.1 Å². The first-order valence-electron chi connectivity index (χ1n) is 10.7. The van der Waals surface area contributed by atoms with Gasteiger partial charge >= 0.3 is 11.7 Å². The average Bonchev–Trinajstić information content (AvgIpc) is 3.23. The molecule has 1 aromatic heterocycles. The molecule has 1 fully saturated rings. The molecule has 1 aliphatic carbocycles. The zero-order valence-electron chi connectivity index (χ0n) is 19.8. The van der Waals surface area contributed by atoms with Gasteiger partial charge in [0.2, 0.25) is 11.0 Å². The van der Waals surface area contributed by atoms with Gasteiger partial charge in [0.1, 0.15) is 6.61 Å². The fourth-order valence-corrected chi connectivity index (χ4v) is 3.43. The fraction of sp³-hybridized carbons (Fsp3) is 0.762. The number of halogens is 1. The summed E-state index contributed by atoms with van der Waals surface area (Å²) in [5.41, 5.74) is -0.287. The summed E-state index contributed by atoms with van der Waals surface area (Å²) in [7, 11) is 1.56. The number of nitrogens with zero attached hydrogens (tertiary/aromatic N) is 3. The molecule has 0 amide bonds. The van der Waals surface area contributed by atoms with Crippen LogP contribution in [0.4, 0.5) is 11.5 Å². The molecular formula is C21H39ClN4O7S. The largest absolute Gasteiger partial charge is 0.464 e. The minimum atomic E-state index is -1.50. The molecule has 1 saturated carbocycles. The van der Waals surface area contributed by atoms with Crippen molar-refractivity contribution in [3.63, 3.8) is 0 Å². The zero-order chi connectivity index (χ0) is 25.4. The second-order valence-corrected chi connectivity index (χ2v) is 8.79. The van der Waals surface area contributed by atoms with Gasteiger partial charge in [0.15, 0.2) is 10.9 Å². The van der Waals surface area contributed by atoms with Crippen molar-refractivity contribution in [1.29, 1.82) is 0 Å². The van der Waals surface area contributed by atoms with Crippen molar-refractivity contribution in [1.82, 2.24) is 9.97 Å². The van der Waals surface area contributed by atoms with Gasteiger partial charge in [0, 0.05) is 12.8 Å². The van der Waals surface area contributed by atoms with Crippen molar-refractivity contribution in [2.75, 3.05) is 31.3 Å². The highest BCUT2D eigenvalue weighted by Gasteiger charge is 2.22. The zero-order valence-corrected chi connectivity index (χ0v) is 21.4. The molecule has 198 valence electrons. The molecule has 0 bridgehead atoms. The molecule has 0 saturated heterocycles. The Hall–Kier alpha value is -1.73. The number of hydrogen-bond acceptors (Lipinski definition) is 11. The molecule has 0 unspecified atom stereocenters. The summed E-state index contributed by atoms with van der Waals surface area (Å²) < 4.78 is 10.1. The molecule has 34 heavy (non-hydrogen) atoms. The summed E-state index contributed by atoms with van der Waals surface area (Å²) in [5, 5.41) is 29.8. The van der Waals surface area contributed by atoms with Crippen molar-refractivity contribution in [2.24, 2.45) is 0 Å². The number of rotatable bonds is 9. The summed E-state index contributed by atoms with van der Waals surface area (Å²) in [6, 6.07) is 0. The predicted octanol–water partition coefficient (Wildman–Crippen LogP) is 4.43. The van der Waals surface area contributed by atoms with Crippen LogP contribution in [-0.4, -0.2) is 69.0 Å². The number of hydrogen-bond donors (Lipinski definition) is 3. The lowest BCUT2D eigenvalue weighted by Crippen LogP contribution is -2.17. The maximum absolute atomic E-state index is 10.9. The van der Waals surface area contributed by atoms with E-state index in [0.717, 1.165) is 25.0 Å². The van der Waals surface area contributed by atoms with Gasteiger partial charge in [-0.15, -0.1) is 0 Å². The number of ether oxygens (including phenoxy) is 2. The fourth-order valence-electron chi connectivity index (χ4n) is 2.45. The molecule has 2 rings (SSSR count). The average molecular weight is 527 g/mol. The van der Waals surface area contributed by atoms with Crippen LogP contribution in [-0.2, 0) is 14.3 Å². The van der Waals surface area contributed by atoms with Crippen LogP contribution in [0.2, 0.25) is 5.15 Å². The van der Waals surface area contributed by atoms with Gasteiger partial charge in [-0.25, -0.2) is 9.78 Å². The van der Waals surface area contributed by atoms with E-state index < -0.39 is 10.7 Å². The summed E-state index contributed by atoms with van der Waals surface area (Å²) in [6.07, 6.45) is 5.92. The number of carbonyl (C=O) groups is 1. The second-order valence-electron chi connectivity index (χ2n) is 7.37. The molecule has 1 aliphatic rings. The van der Waals surface area contributed by atoms with Crippen molar-refractivity contribution < 1.29 is 29.4 Å². The van der Waals surface area contributed by atoms with Gasteiger partial charge in [-0.3, -0.25) is 10.1 Å². The molecule has 0 radical (unpaired) electrons. The Morgan fingerprint density at radius 1 is 1.29 bits per heavy atom. The lowest BCUT2D eigenvalue weighted by Gasteiger charge is -2.09. The predicted molar refractivity (Wildman–Crippen MR) is 134 cm³/mol. The molecule has 11 nitrogen and oxygen atoms in total. The van der Waals surface area contributed by atoms with E-state index in [1.54, 1.807) is 14.0 Å². The lowest BCUT2D eigenvalue weighted by atomic mass is 10.3. The standard InChI is InChI=1S/C9H16O3.C8H11ClN4O2S.C3H8O2.CH4/c1-2-11-9(10)7-12-8-5-3-4-6-8;1-3-4-16-8-11-6(9)5(13(14)15)7(10-2)12-8;1-3(2,4)5;/h8H,2-7H2,1H3;3-4H2,1-2H3,(H,10,11,12);4-5H,1-2H3;1H4. The molecule has 1 heterocycles. The van der Waals surface area contributed by atoms with E-state index in [1.165, 1.54) is 38.5 Å². The van der Waals surface area contributed by atoms with Crippen molar-refractivity contribution >= 4 is 40.8 Å². The Bertz CT molecular complexity index is 724. The smallest absolute Gasteiger partial charge is 0.348 e. The van der Waals surface area contributed by atoms with Crippen molar-refractivity contribution in [2.45, 2.75) is 84.3 Å².